The van der Waals surface area contributed by atoms with E-state index >= 15 is 0 Å². The van der Waals surface area contributed by atoms with Crippen molar-refractivity contribution in [3.63, 3.8) is 0 Å². The van der Waals surface area contributed by atoms with Crippen molar-refractivity contribution in [1.82, 2.24) is 0 Å². The van der Waals surface area contributed by atoms with Gasteiger partial charge in [-0.15, -0.1) is 0 Å². The van der Waals surface area contributed by atoms with Crippen LogP contribution in [-0.2, 0) is 0 Å². The highest BCUT2D eigenvalue weighted by Gasteiger charge is 2.17. The highest BCUT2D eigenvalue weighted by Crippen LogP contribution is 2.19. The Morgan fingerprint density at radius 2 is 1.81 bits per heavy atom. The average molecular weight is 237 g/mol. The monoisotopic (exact) mass is 236 g/mol. The summed E-state index contributed by atoms with van der Waals surface area (Å²) in [6.07, 6.45) is 2.02. The van der Waals surface area contributed by atoms with E-state index in [1.54, 1.807) is 0 Å². The summed E-state index contributed by atoms with van der Waals surface area (Å²) in [6, 6.07) is 9.64. The van der Waals surface area contributed by atoms with Gasteiger partial charge in [-0.1, -0.05) is 38.3 Å². The van der Waals surface area contributed by atoms with Gasteiger partial charge in [-0.05, 0) is 30.2 Å². The Hall–Kier alpha value is -1.20. The molecule has 0 radical (unpaired) electrons. The predicted molar refractivity (Wildman–Crippen MR) is 68.5 cm³/mol. The fourth-order valence-electron chi connectivity index (χ4n) is 1.74. The zero-order chi connectivity index (χ0) is 12.0. The summed E-state index contributed by atoms with van der Waals surface area (Å²) < 4.78 is 0. The molecule has 3 heteroatoms. The molecule has 1 aromatic carbocycles. The molecule has 0 aliphatic rings. The lowest BCUT2D eigenvalue weighted by Crippen LogP contribution is -2.26. The molecule has 0 aromatic heterocycles. The Kier molecular flexibility index (Phi) is 5.14. The van der Waals surface area contributed by atoms with Gasteiger partial charge in [0.15, 0.2) is 0 Å². The van der Waals surface area contributed by atoms with Crippen LogP contribution in [0.4, 0.5) is 5.69 Å². The number of nitrogens with one attached hydrogen (secondary N) is 1. The molecule has 1 atom stereocenters. The van der Waals surface area contributed by atoms with Crippen LogP contribution in [0.25, 0.3) is 0 Å². The molecule has 0 fully saturated rings. The number of benzene rings is 1. The zero-order valence-electron chi connectivity index (χ0n) is 9.70. The normalized spacial score (nSPS) is 12.2. The van der Waals surface area contributed by atoms with Crippen LogP contribution < -0.4 is 5.32 Å². The SMILES string of the molecule is CCC(CC)C(C#N)Nc1ccc(Cl)cc1. The molecule has 1 N–H and O–H groups in total. The smallest absolute Gasteiger partial charge is 0.117 e. The Morgan fingerprint density at radius 1 is 1.25 bits per heavy atom. The van der Waals surface area contributed by atoms with Crippen molar-refractivity contribution in [3.8, 4) is 6.07 Å². The van der Waals surface area contributed by atoms with Crippen molar-refractivity contribution in [3.05, 3.63) is 29.3 Å². The summed E-state index contributed by atoms with van der Waals surface area (Å²) in [6.45, 7) is 4.23. The maximum absolute atomic E-state index is 9.14. The third-order valence-corrected chi connectivity index (χ3v) is 3.08. The molecular weight excluding hydrogens is 220 g/mol. The van der Waals surface area contributed by atoms with Crippen LogP contribution in [0, 0.1) is 17.2 Å². The molecule has 1 rings (SSSR count). The summed E-state index contributed by atoms with van der Waals surface area (Å²) in [5.41, 5.74) is 0.947. The van der Waals surface area contributed by atoms with Gasteiger partial charge in [0.1, 0.15) is 6.04 Å². The van der Waals surface area contributed by atoms with Crippen LogP contribution in [0.1, 0.15) is 26.7 Å². The van der Waals surface area contributed by atoms with E-state index in [2.05, 4.69) is 25.2 Å². The van der Waals surface area contributed by atoms with Gasteiger partial charge in [-0.25, -0.2) is 0 Å². The average Bonchev–Trinajstić information content (AvgIpc) is 2.32. The van der Waals surface area contributed by atoms with Crippen molar-refractivity contribution in [2.75, 3.05) is 5.32 Å². The van der Waals surface area contributed by atoms with Crippen molar-refractivity contribution in [1.29, 1.82) is 5.26 Å². The van der Waals surface area contributed by atoms with Crippen LogP contribution in [0.5, 0.6) is 0 Å². The molecule has 0 saturated carbocycles. The van der Waals surface area contributed by atoms with Gasteiger partial charge in [0, 0.05) is 10.7 Å². The molecule has 1 unspecified atom stereocenters. The molecule has 0 spiro atoms. The Labute approximate surface area is 102 Å². The second-order valence-corrected chi connectivity index (χ2v) is 4.27. The molecule has 0 bridgehead atoms. The second kappa shape index (κ2) is 6.40. The lowest BCUT2D eigenvalue weighted by molar-refractivity contribution is 0.469. The van der Waals surface area contributed by atoms with Crippen molar-refractivity contribution >= 4 is 17.3 Å². The summed E-state index contributed by atoms with van der Waals surface area (Å²) >= 11 is 5.81. The van der Waals surface area contributed by atoms with E-state index in [9.17, 15) is 0 Å². The van der Waals surface area contributed by atoms with Crippen molar-refractivity contribution in [2.24, 2.45) is 5.92 Å². The summed E-state index contributed by atoms with van der Waals surface area (Å²) in [5.74, 6) is 0.390. The van der Waals surface area contributed by atoms with Crippen LogP contribution in [0.3, 0.4) is 0 Å². The minimum Gasteiger partial charge on any atom is -0.370 e. The quantitative estimate of drug-likeness (QED) is 0.836. The first-order valence-corrected chi connectivity index (χ1v) is 6.00. The van der Waals surface area contributed by atoms with Crippen LogP contribution >= 0.6 is 11.6 Å². The minimum atomic E-state index is -0.129. The third kappa shape index (κ3) is 3.43. The number of nitrogens with zero attached hydrogens (tertiary/aromatic N) is 1. The molecule has 0 saturated heterocycles. The molecule has 0 heterocycles. The van der Waals surface area contributed by atoms with E-state index in [0.717, 1.165) is 18.5 Å². The topological polar surface area (TPSA) is 35.8 Å². The van der Waals surface area contributed by atoms with Gasteiger partial charge in [0.05, 0.1) is 6.07 Å². The first-order chi connectivity index (χ1) is 7.71. The van der Waals surface area contributed by atoms with Crippen LogP contribution in [0.2, 0.25) is 5.02 Å². The first kappa shape index (κ1) is 12.9. The van der Waals surface area contributed by atoms with Crippen molar-refractivity contribution < 1.29 is 0 Å². The Balaban J connectivity index is 2.70. The fourth-order valence-corrected chi connectivity index (χ4v) is 1.87. The predicted octanol–water partition coefficient (Wildman–Crippen LogP) is 4.08. The Morgan fingerprint density at radius 3 is 2.25 bits per heavy atom. The Bertz CT molecular complexity index is 349. The van der Waals surface area contributed by atoms with Gasteiger partial charge >= 0.3 is 0 Å². The van der Waals surface area contributed by atoms with E-state index < -0.39 is 0 Å². The molecule has 0 aliphatic carbocycles. The minimum absolute atomic E-state index is 0.129. The fraction of sp³-hybridized carbons (Fsp3) is 0.462. The van der Waals surface area contributed by atoms with Gasteiger partial charge in [-0.2, -0.15) is 5.26 Å². The summed E-state index contributed by atoms with van der Waals surface area (Å²) in [7, 11) is 0. The van der Waals surface area contributed by atoms with Crippen LogP contribution in [-0.4, -0.2) is 6.04 Å². The second-order valence-electron chi connectivity index (χ2n) is 3.83. The third-order valence-electron chi connectivity index (χ3n) is 2.83. The highest BCUT2D eigenvalue weighted by atomic mass is 35.5. The maximum Gasteiger partial charge on any atom is 0.117 e. The molecule has 2 nitrogen and oxygen atoms in total. The largest absolute Gasteiger partial charge is 0.370 e. The zero-order valence-corrected chi connectivity index (χ0v) is 10.5. The van der Waals surface area contributed by atoms with Crippen LogP contribution in [0.15, 0.2) is 24.3 Å². The van der Waals surface area contributed by atoms with E-state index in [4.69, 9.17) is 16.9 Å². The maximum atomic E-state index is 9.14. The van der Waals surface area contributed by atoms with Gasteiger partial charge in [0.25, 0.3) is 0 Å². The van der Waals surface area contributed by atoms with E-state index in [1.807, 2.05) is 24.3 Å². The van der Waals surface area contributed by atoms with E-state index in [1.165, 1.54) is 0 Å². The molecule has 0 aliphatic heterocycles. The van der Waals surface area contributed by atoms with Crippen molar-refractivity contribution in [2.45, 2.75) is 32.7 Å². The molecular formula is C13H17ClN2. The summed E-state index contributed by atoms with van der Waals surface area (Å²) in [5, 5.41) is 13.1. The number of anilines is 1. The molecule has 1 aromatic rings. The summed E-state index contributed by atoms with van der Waals surface area (Å²) in [4.78, 5) is 0. The number of halogens is 1. The number of rotatable bonds is 5. The molecule has 0 amide bonds. The number of hydrogen-bond donors (Lipinski definition) is 1. The molecule has 16 heavy (non-hydrogen) atoms. The number of nitriles is 1. The first-order valence-electron chi connectivity index (χ1n) is 5.63. The highest BCUT2D eigenvalue weighted by molar-refractivity contribution is 6.30. The van der Waals surface area contributed by atoms with E-state index in [-0.39, 0.29) is 6.04 Å². The molecule has 86 valence electrons. The van der Waals surface area contributed by atoms with Gasteiger partial charge in [0.2, 0.25) is 0 Å². The number of hydrogen-bond acceptors (Lipinski definition) is 2. The van der Waals surface area contributed by atoms with E-state index in [0.29, 0.717) is 10.9 Å². The lowest BCUT2D eigenvalue weighted by atomic mass is 9.95. The lowest BCUT2D eigenvalue weighted by Gasteiger charge is -2.21. The standard InChI is InChI=1S/C13H17ClN2/c1-3-10(4-2)13(9-15)16-12-7-5-11(14)6-8-12/h5-8,10,13,16H,3-4H2,1-2H3. The van der Waals surface area contributed by atoms with Gasteiger partial charge < -0.3 is 5.32 Å². The van der Waals surface area contributed by atoms with Gasteiger partial charge in [-0.3, -0.25) is 0 Å².